The molecule has 0 spiro atoms. The van der Waals surface area contributed by atoms with Gasteiger partial charge in [-0.05, 0) is 50.5 Å². The van der Waals surface area contributed by atoms with Crippen LogP contribution >= 0.6 is 11.6 Å². The zero-order chi connectivity index (χ0) is 19.2. The zero-order valence-corrected chi connectivity index (χ0v) is 16.0. The summed E-state index contributed by atoms with van der Waals surface area (Å²) in [6.07, 6.45) is 4.84. The van der Waals surface area contributed by atoms with Crippen molar-refractivity contribution in [3.05, 3.63) is 47.2 Å². The Kier molecular flexibility index (Phi) is 6.34. The van der Waals surface area contributed by atoms with Gasteiger partial charge in [-0.2, -0.15) is 5.10 Å². The number of rotatable bonds is 6. The van der Waals surface area contributed by atoms with E-state index >= 15 is 0 Å². The van der Waals surface area contributed by atoms with Crippen molar-refractivity contribution in [2.24, 2.45) is 0 Å². The number of aromatic nitrogens is 2. The van der Waals surface area contributed by atoms with Gasteiger partial charge in [0.25, 0.3) is 5.91 Å². The number of likely N-dealkylation sites (tertiary alicyclic amines) is 1. The molecule has 3 rings (SSSR count). The first-order valence-electron chi connectivity index (χ1n) is 9.04. The molecule has 0 saturated carbocycles. The number of ether oxygens (including phenoxy) is 1. The van der Waals surface area contributed by atoms with Crippen LogP contribution in [0.5, 0.6) is 5.75 Å². The first kappa shape index (κ1) is 19.2. The maximum Gasteiger partial charge on any atom is 0.272 e. The Hall–Kier alpha value is -2.54. The van der Waals surface area contributed by atoms with E-state index in [1.54, 1.807) is 43.5 Å². The Morgan fingerprint density at radius 2 is 2.04 bits per heavy atom. The highest BCUT2D eigenvalue weighted by Crippen LogP contribution is 2.17. The van der Waals surface area contributed by atoms with Crippen LogP contribution in [-0.2, 0) is 11.5 Å². The highest BCUT2D eigenvalue weighted by Gasteiger charge is 2.24. The van der Waals surface area contributed by atoms with Gasteiger partial charge < -0.3 is 15.0 Å². The molecule has 7 nitrogen and oxygen atoms in total. The molecule has 144 valence electrons. The number of piperidine rings is 1. The fourth-order valence-electron chi connectivity index (χ4n) is 2.97. The topological polar surface area (TPSA) is 76.5 Å². The minimum absolute atomic E-state index is 0.0493. The Balaban J connectivity index is 1.52. The van der Waals surface area contributed by atoms with Crippen LogP contribution in [0.3, 0.4) is 0 Å². The summed E-state index contributed by atoms with van der Waals surface area (Å²) in [5.41, 5.74) is 0.239. The summed E-state index contributed by atoms with van der Waals surface area (Å²) in [6, 6.07) is 8.05. The first-order valence-corrected chi connectivity index (χ1v) is 9.42. The summed E-state index contributed by atoms with van der Waals surface area (Å²) < 4.78 is 7.10. The van der Waals surface area contributed by atoms with E-state index < -0.39 is 6.04 Å². The van der Waals surface area contributed by atoms with Gasteiger partial charge in [0.15, 0.2) is 6.73 Å². The molecule has 1 aromatic heterocycles. The normalized spacial score (nSPS) is 15.3. The Morgan fingerprint density at radius 3 is 2.78 bits per heavy atom. The van der Waals surface area contributed by atoms with Crippen LogP contribution < -0.4 is 10.1 Å². The van der Waals surface area contributed by atoms with Crippen LogP contribution in [0, 0.1) is 0 Å². The highest BCUT2D eigenvalue weighted by molar-refractivity contribution is 6.30. The van der Waals surface area contributed by atoms with Crippen molar-refractivity contribution < 1.29 is 14.3 Å². The summed E-state index contributed by atoms with van der Waals surface area (Å²) >= 11 is 5.92. The third-order valence-electron chi connectivity index (χ3n) is 4.42. The Bertz CT molecular complexity index is 802. The Morgan fingerprint density at radius 1 is 1.26 bits per heavy atom. The van der Waals surface area contributed by atoms with Crippen LogP contribution in [0.1, 0.15) is 36.7 Å². The zero-order valence-electron chi connectivity index (χ0n) is 15.2. The molecule has 1 atom stereocenters. The van der Waals surface area contributed by atoms with Crippen molar-refractivity contribution >= 4 is 23.4 Å². The van der Waals surface area contributed by atoms with E-state index in [2.05, 4.69) is 10.4 Å². The largest absolute Gasteiger partial charge is 0.471 e. The molecule has 0 bridgehead atoms. The van der Waals surface area contributed by atoms with E-state index in [1.165, 1.54) is 4.68 Å². The van der Waals surface area contributed by atoms with Crippen molar-refractivity contribution in [3.63, 3.8) is 0 Å². The van der Waals surface area contributed by atoms with Gasteiger partial charge in [0.1, 0.15) is 17.5 Å². The third kappa shape index (κ3) is 5.23. The highest BCUT2D eigenvalue weighted by atomic mass is 35.5. The number of hydrogen-bond donors (Lipinski definition) is 1. The van der Waals surface area contributed by atoms with Crippen LogP contribution in [0.15, 0.2) is 36.5 Å². The van der Waals surface area contributed by atoms with Crippen molar-refractivity contribution in [1.29, 1.82) is 0 Å². The predicted octanol–water partition coefficient (Wildman–Crippen LogP) is 2.70. The minimum Gasteiger partial charge on any atom is -0.471 e. The number of hydrogen-bond acceptors (Lipinski definition) is 4. The molecule has 1 aliphatic rings. The number of amides is 2. The third-order valence-corrected chi connectivity index (χ3v) is 4.65. The van der Waals surface area contributed by atoms with E-state index in [1.807, 2.05) is 4.90 Å². The molecule has 1 unspecified atom stereocenters. The van der Waals surface area contributed by atoms with Crippen LogP contribution in [-0.4, -0.2) is 45.6 Å². The SMILES string of the molecule is CC(NC(=O)c1ccn(COc2cccc(Cl)c2)n1)C(=O)N1CCCCC1. The van der Waals surface area contributed by atoms with Gasteiger partial charge in [-0.3, -0.25) is 9.59 Å². The summed E-state index contributed by atoms with van der Waals surface area (Å²) in [7, 11) is 0. The van der Waals surface area contributed by atoms with Gasteiger partial charge >= 0.3 is 0 Å². The molecule has 1 aromatic carbocycles. The molecule has 2 heterocycles. The first-order chi connectivity index (χ1) is 13.0. The van der Waals surface area contributed by atoms with Gasteiger partial charge in [0.2, 0.25) is 5.91 Å². The molecular weight excluding hydrogens is 368 g/mol. The van der Waals surface area contributed by atoms with Gasteiger partial charge in [-0.25, -0.2) is 4.68 Å². The van der Waals surface area contributed by atoms with Crippen molar-refractivity contribution in [2.75, 3.05) is 13.1 Å². The van der Waals surface area contributed by atoms with E-state index in [4.69, 9.17) is 16.3 Å². The molecule has 2 amide bonds. The fraction of sp³-hybridized carbons (Fsp3) is 0.421. The second-order valence-corrected chi connectivity index (χ2v) is 6.99. The van der Waals surface area contributed by atoms with Crippen LogP contribution in [0.4, 0.5) is 0 Å². The average molecular weight is 391 g/mol. The van der Waals surface area contributed by atoms with E-state index in [9.17, 15) is 9.59 Å². The van der Waals surface area contributed by atoms with Crippen molar-refractivity contribution in [2.45, 2.75) is 39.0 Å². The van der Waals surface area contributed by atoms with Crippen LogP contribution in [0.2, 0.25) is 5.02 Å². The molecule has 0 aliphatic carbocycles. The number of carbonyl (C=O) groups excluding carboxylic acids is 2. The van der Waals surface area contributed by atoms with Gasteiger partial charge in [-0.1, -0.05) is 17.7 Å². The number of nitrogens with zero attached hydrogens (tertiary/aromatic N) is 3. The molecule has 1 aliphatic heterocycles. The number of nitrogens with one attached hydrogen (secondary N) is 1. The summed E-state index contributed by atoms with van der Waals surface area (Å²) in [4.78, 5) is 26.6. The lowest BCUT2D eigenvalue weighted by Crippen LogP contribution is -2.48. The lowest BCUT2D eigenvalue weighted by atomic mass is 10.1. The monoisotopic (exact) mass is 390 g/mol. The van der Waals surface area contributed by atoms with Gasteiger partial charge in [-0.15, -0.1) is 0 Å². The van der Waals surface area contributed by atoms with E-state index in [-0.39, 0.29) is 24.2 Å². The fourth-order valence-corrected chi connectivity index (χ4v) is 3.15. The molecule has 2 aromatic rings. The van der Waals surface area contributed by atoms with Crippen molar-refractivity contribution in [3.8, 4) is 5.75 Å². The minimum atomic E-state index is -0.580. The number of benzene rings is 1. The second kappa shape index (κ2) is 8.90. The molecular formula is C19H23ClN4O3. The molecule has 1 saturated heterocycles. The van der Waals surface area contributed by atoms with Gasteiger partial charge in [0.05, 0.1) is 0 Å². The van der Waals surface area contributed by atoms with Crippen LogP contribution in [0.25, 0.3) is 0 Å². The van der Waals surface area contributed by atoms with E-state index in [0.29, 0.717) is 10.8 Å². The lowest BCUT2D eigenvalue weighted by molar-refractivity contribution is -0.133. The number of halogens is 1. The van der Waals surface area contributed by atoms with E-state index in [0.717, 1.165) is 32.4 Å². The average Bonchev–Trinajstić information content (AvgIpc) is 3.16. The Labute approximate surface area is 163 Å². The van der Waals surface area contributed by atoms with Gasteiger partial charge in [0, 0.05) is 24.3 Å². The summed E-state index contributed by atoms with van der Waals surface area (Å²) in [5.74, 6) is 0.186. The second-order valence-electron chi connectivity index (χ2n) is 6.55. The molecule has 1 N–H and O–H groups in total. The van der Waals surface area contributed by atoms with Crippen molar-refractivity contribution in [1.82, 2.24) is 20.0 Å². The molecule has 8 heteroatoms. The maximum atomic E-state index is 12.4. The standard InChI is InChI=1S/C19H23ClN4O3/c1-14(19(26)23-9-3-2-4-10-23)21-18(25)17-8-11-24(22-17)13-27-16-7-5-6-15(20)12-16/h5-8,11-12,14H,2-4,9-10,13H2,1H3,(H,21,25). The number of carbonyl (C=O) groups is 2. The smallest absolute Gasteiger partial charge is 0.272 e. The molecule has 1 fully saturated rings. The predicted molar refractivity (Wildman–Crippen MR) is 102 cm³/mol. The molecule has 0 radical (unpaired) electrons. The lowest BCUT2D eigenvalue weighted by Gasteiger charge is -2.29. The summed E-state index contributed by atoms with van der Waals surface area (Å²) in [6.45, 7) is 3.37. The maximum absolute atomic E-state index is 12.4. The quantitative estimate of drug-likeness (QED) is 0.822. The summed E-state index contributed by atoms with van der Waals surface area (Å²) in [5, 5.41) is 7.50. The molecule has 27 heavy (non-hydrogen) atoms.